The Labute approximate surface area is 85.7 Å². The lowest BCUT2D eigenvalue weighted by molar-refractivity contribution is -0.129. The van der Waals surface area contributed by atoms with Crippen LogP contribution < -0.4 is 5.32 Å². The summed E-state index contributed by atoms with van der Waals surface area (Å²) in [6, 6.07) is 0.428. The number of amides is 1. The van der Waals surface area contributed by atoms with Crippen LogP contribution in [0.4, 0.5) is 0 Å². The summed E-state index contributed by atoms with van der Waals surface area (Å²) in [7, 11) is 1.86. The van der Waals surface area contributed by atoms with E-state index in [4.69, 9.17) is 0 Å². The van der Waals surface area contributed by atoms with Crippen molar-refractivity contribution in [1.29, 1.82) is 0 Å². The standard InChI is InChI=1S/C7H14N2O.2ClH/c1-6(10)9(2)7-3-4-8-5-7;;/h7-8H,3-5H2,1-2H3;2*1H. The molecule has 12 heavy (non-hydrogen) atoms. The number of carbonyl (C=O) groups excluding carboxylic acids is 1. The van der Waals surface area contributed by atoms with Crippen LogP contribution in [0.5, 0.6) is 0 Å². The zero-order valence-corrected chi connectivity index (χ0v) is 9.00. The Kier molecular flexibility index (Phi) is 7.89. The number of hydrogen-bond donors (Lipinski definition) is 1. The first-order valence-electron chi connectivity index (χ1n) is 3.66. The second-order valence-electron chi connectivity index (χ2n) is 2.78. The van der Waals surface area contributed by atoms with Crippen LogP contribution in [0.15, 0.2) is 0 Å². The number of nitrogens with zero attached hydrogens (tertiary/aromatic N) is 1. The molecule has 74 valence electrons. The van der Waals surface area contributed by atoms with Gasteiger partial charge >= 0.3 is 0 Å². The molecule has 0 aliphatic carbocycles. The second-order valence-corrected chi connectivity index (χ2v) is 2.78. The van der Waals surface area contributed by atoms with Crippen LogP contribution in [0.2, 0.25) is 0 Å². The van der Waals surface area contributed by atoms with Crippen molar-refractivity contribution in [2.75, 3.05) is 20.1 Å². The van der Waals surface area contributed by atoms with Crippen molar-refractivity contribution in [2.45, 2.75) is 19.4 Å². The van der Waals surface area contributed by atoms with E-state index in [1.54, 1.807) is 11.8 Å². The molecule has 0 aromatic rings. The van der Waals surface area contributed by atoms with Gasteiger partial charge in [0.1, 0.15) is 0 Å². The SMILES string of the molecule is CC(=O)N(C)C1CCNC1.Cl.Cl. The summed E-state index contributed by atoms with van der Waals surface area (Å²) in [5.41, 5.74) is 0. The quantitative estimate of drug-likeness (QED) is 0.697. The molecule has 1 saturated heterocycles. The topological polar surface area (TPSA) is 32.3 Å². The monoisotopic (exact) mass is 214 g/mol. The highest BCUT2D eigenvalue weighted by atomic mass is 35.5. The molecule has 0 spiro atoms. The van der Waals surface area contributed by atoms with Crippen LogP contribution in [0.25, 0.3) is 0 Å². The minimum Gasteiger partial charge on any atom is -0.342 e. The maximum atomic E-state index is 10.8. The lowest BCUT2D eigenvalue weighted by Gasteiger charge is -2.21. The predicted octanol–water partition coefficient (Wildman–Crippen LogP) is 0.670. The summed E-state index contributed by atoms with van der Waals surface area (Å²) in [4.78, 5) is 12.6. The fourth-order valence-corrected chi connectivity index (χ4v) is 1.23. The molecule has 0 aromatic heterocycles. The molecule has 1 heterocycles. The van der Waals surface area contributed by atoms with Crippen molar-refractivity contribution in [2.24, 2.45) is 0 Å². The van der Waals surface area contributed by atoms with Gasteiger partial charge in [0.2, 0.25) is 5.91 Å². The van der Waals surface area contributed by atoms with Crippen LogP contribution in [0.1, 0.15) is 13.3 Å². The number of nitrogens with one attached hydrogen (secondary N) is 1. The molecule has 5 heteroatoms. The Hall–Kier alpha value is 0.01000. The van der Waals surface area contributed by atoms with E-state index in [2.05, 4.69) is 5.32 Å². The summed E-state index contributed by atoms with van der Waals surface area (Å²) >= 11 is 0. The maximum Gasteiger partial charge on any atom is 0.219 e. The van der Waals surface area contributed by atoms with Gasteiger partial charge in [0.15, 0.2) is 0 Å². The van der Waals surface area contributed by atoms with Gasteiger partial charge in [-0.2, -0.15) is 0 Å². The zero-order chi connectivity index (χ0) is 7.56. The fraction of sp³-hybridized carbons (Fsp3) is 0.857. The van der Waals surface area contributed by atoms with Crippen molar-refractivity contribution in [3.05, 3.63) is 0 Å². The molecule has 1 aliphatic heterocycles. The molecular formula is C7H16Cl2N2O. The normalized spacial score (nSPS) is 20.7. The molecule has 1 N–H and O–H groups in total. The van der Waals surface area contributed by atoms with E-state index in [0.29, 0.717) is 6.04 Å². The van der Waals surface area contributed by atoms with Gasteiger partial charge in [-0.25, -0.2) is 0 Å². The van der Waals surface area contributed by atoms with Crippen molar-refractivity contribution in [1.82, 2.24) is 10.2 Å². The molecule has 0 aromatic carbocycles. The molecule has 0 saturated carbocycles. The summed E-state index contributed by atoms with van der Waals surface area (Å²) < 4.78 is 0. The smallest absolute Gasteiger partial charge is 0.219 e. The van der Waals surface area contributed by atoms with Gasteiger partial charge in [-0.15, -0.1) is 24.8 Å². The Bertz CT molecular complexity index is 137. The van der Waals surface area contributed by atoms with Gasteiger partial charge in [0.25, 0.3) is 0 Å². The average Bonchev–Trinajstić information content (AvgIpc) is 2.36. The Morgan fingerprint density at radius 3 is 2.42 bits per heavy atom. The Morgan fingerprint density at radius 1 is 1.50 bits per heavy atom. The minimum absolute atomic E-state index is 0. The van der Waals surface area contributed by atoms with E-state index >= 15 is 0 Å². The van der Waals surface area contributed by atoms with Crippen molar-refractivity contribution in [3.8, 4) is 0 Å². The average molecular weight is 215 g/mol. The molecule has 1 atom stereocenters. The van der Waals surface area contributed by atoms with E-state index in [-0.39, 0.29) is 30.7 Å². The van der Waals surface area contributed by atoms with E-state index in [0.717, 1.165) is 19.5 Å². The van der Waals surface area contributed by atoms with Gasteiger partial charge in [-0.3, -0.25) is 4.79 Å². The third kappa shape index (κ3) is 3.61. The first kappa shape index (κ1) is 14.5. The molecule has 1 amide bonds. The van der Waals surface area contributed by atoms with Crippen molar-refractivity contribution >= 4 is 30.7 Å². The van der Waals surface area contributed by atoms with Crippen LogP contribution >= 0.6 is 24.8 Å². The zero-order valence-electron chi connectivity index (χ0n) is 7.37. The van der Waals surface area contributed by atoms with Gasteiger partial charge in [0.05, 0.1) is 0 Å². The van der Waals surface area contributed by atoms with E-state index in [1.807, 2.05) is 7.05 Å². The van der Waals surface area contributed by atoms with E-state index in [9.17, 15) is 4.79 Å². The van der Waals surface area contributed by atoms with E-state index in [1.165, 1.54) is 0 Å². The number of halogens is 2. The maximum absolute atomic E-state index is 10.8. The van der Waals surface area contributed by atoms with Gasteiger partial charge in [-0.05, 0) is 13.0 Å². The summed E-state index contributed by atoms with van der Waals surface area (Å²) in [5, 5.41) is 3.21. The molecule has 1 aliphatic rings. The van der Waals surface area contributed by atoms with Gasteiger partial charge in [-0.1, -0.05) is 0 Å². The summed E-state index contributed by atoms with van der Waals surface area (Å²) in [6.45, 7) is 3.61. The summed E-state index contributed by atoms with van der Waals surface area (Å²) in [5.74, 6) is 0.161. The predicted molar refractivity (Wildman–Crippen MR) is 54.2 cm³/mol. The van der Waals surface area contributed by atoms with Gasteiger partial charge < -0.3 is 10.2 Å². The molecule has 1 rings (SSSR count). The highest BCUT2D eigenvalue weighted by Crippen LogP contribution is 2.05. The highest BCUT2D eigenvalue weighted by molar-refractivity contribution is 5.85. The molecule has 1 unspecified atom stereocenters. The molecular weight excluding hydrogens is 199 g/mol. The van der Waals surface area contributed by atoms with Crippen LogP contribution in [-0.2, 0) is 4.79 Å². The lowest BCUT2D eigenvalue weighted by atomic mass is 10.2. The molecule has 0 bridgehead atoms. The summed E-state index contributed by atoms with van der Waals surface area (Å²) in [6.07, 6.45) is 1.09. The minimum atomic E-state index is 0. The molecule has 0 radical (unpaired) electrons. The van der Waals surface area contributed by atoms with Gasteiger partial charge in [0, 0.05) is 26.6 Å². The molecule has 3 nitrogen and oxygen atoms in total. The molecule has 1 fully saturated rings. The third-order valence-electron chi connectivity index (χ3n) is 2.08. The largest absolute Gasteiger partial charge is 0.342 e. The van der Waals surface area contributed by atoms with E-state index < -0.39 is 0 Å². The lowest BCUT2D eigenvalue weighted by Crippen LogP contribution is -2.36. The fourth-order valence-electron chi connectivity index (χ4n) is 1.23. The van der Waals surface area contributed by atoms with Crippen molar-refractivity contribution < 1.29 is 4.79 Å². The third-order valence-corrected chi connectivity index (χ3v) is 2.08. The number of likely N-dealkylation sites (N-methyl/N-ethyl adjacent to an activating group) is 1. The Morgan fingerprint density at radius 2 is 2.08 bits per heavy atom. The van der Waals surface area contributed by atoms with Crippen LogP contribution in [0.3, 0.4) is 0 Å². The van der Waals surface area contributed by atoms with Crippen LogP contribution in [-0.4, -0.2) is 37.0 Å². The number of carbonyl (C=O) groups is 1. The Balaban J connectivity index is 0. The first-order valence-corrected chi connectivity index (χ1v) is 3.66. The van der Waals surface area contributed by atoms with Crippen LogP contribution in [0, 0.1) is 0 Å². The highest BCUT2D eigenvalue weighted by Gasteiger charge is 2.20. The second kappa shape index (κ2) is 6.52. The van der Waals surface area contributed by atoms with Crippen molar-refractivity contribution in [3.63, 3.8) is 0 Å². The number of hydrogen-bond acceptors (Lipinski definition) is 2. The number of rotatable bonds is 1. The first-order chi connectivity index (χ1) is 4.72.